The summed E-state index contributed by atoms with van der Waals surface area (Å²) in [5, 5.41) is 13.9. The third kappa shape index (κ3) is 5.77. The molecule has 0 fully saturated rings. The van der Waals surface area contributed by atoms with E-state index in [2.05, 4.69) is 32.9 Å². The lowest BCUT2D eigenvalue weighted by molar-refractivity contribution is -0.385. The Kier molecular flexibility index (Phi) is 7.65. The molecule has 1 atom stereocenters. The number of nitrogens with one attached hydrogen (secondary N) is 1. The maximum Gasteiger partial charge on any atom is 0.413 e. The quantitative estimate of drug-likeness (QED) is 0.240. The van der Waals surface area contributed by atoms with E-state index in [1.54, 1.807) is 33.8 Å². The predicted octanol–water partition coefficient (Wildman–Crippen LogP) is 4.31. The van der Waals surface area contributed by atoms with E-state index in [1.807, 2.05) is 0 Å². The molecule has 0 saturated heterocycles. The van der Waals surface area contributed by atoms with E-state index in [-0.39, 0.29) is 17.3 Å². The monoisotopic (exact) mass is 579 g/mol. The Bertz CT molecular complexity index is 1050. The average Bonchev–Trinajstić information content (AvgIpc) is 2.62. The van der Waals surface area contributed by atoms with Crippen molar-refractivity contribution < 1.29 is 22.9 Å². The molecule has 1 aliphatic heterocycles. The first-order valence-electron chi connectivity index (χ1n) is 10.2. The summed E-state index contributed by atoms with van der Waals surface area (Å²) >= 11 is 2.25. The van der Waals surface area contributed by atoms with Gasteiger partial charge in [-0.15, -0.1) is 0 Å². The lowest BCUT2D eigenvalue weighted by Crippen LogP contribution is -2.58. The molecule has 1 N–H and O–H groups in total. The number of aliphatic imine (C=N–C) groups is 1. The van der Waals surface area contributed by atoms with E-state index < -0.39 is 36.7 Å². The third-order valence-electron chi connectivity index (χ3n) is 5.26. The number of alkyl halides is 1. The van der Waals surface area contributed by atoms with Gasteiger partial charge in [0, 0.05) is 12.1 Å². The smallest absolute Gasteiger partial charge is 0.413 e. The molecule has 32 heavy (non-hydrogen) atoms. The number of hydrogen-bond donors (Lipinski definition) is 1. The summed E-state index contributed by atoms with van der Waals surface area (Å²) in [5.74, 6) is -0.392. The molecule has 1 aliphatic rings. The Morgan fingerprint density at radius 1 is 1.31 bits per heavy atom. The van der Waals surface area contributed by atoms with Gasteiger partial charge >= 0.3 is 6.09 Å². The van der Waals surface area contributed by atoms with Crippen molar-refractivity contribution in [2.75, 3.05) is 10.2 Å². The molecule has 0 radical (unpaired) electrons. The van der Waals surface area contributed by atoms with E-state index >= 15 is 0 Å². The van der Waals surface area contributed by atoms with Gasteiger partial charge in [0.05, 0.1) is 16.2 Å². The zero-order valence-electron chi connectivity index (χ0n) is 19.2. The van der Waals surface area contributed by atoms with Crippen molar-refractivity contribution in [3.8, 4) is 0 Å². The zero-order valence-corrected chi connectivity index (χ0v) is 22.2. The lowest BCUT2D eigenvalue weighted by atomic mass is 9.87. The number of sulfone groups is 1. The van der Waals surface area contributed by atoms with Gasteiger partial charge < -0.3 is 4.74 Å². The number of alkyl carbamates (subject to hydrolysis) is 1. The highest BCUT2D eigenvalue weighted by atomic mass is 127. The van der Waals surface area contributed by atoms with Crippen LogP contribution < -0.4 is 5.32 Å². The number of nitro groups is 1. The number of carbonyl (C=O) groups excluding carboxylic acids is 1. The van der Waals surface area contributed by atoms with Crippen molar-refractivity contribution in [1.82, 2.24) is 5.32 Å². The minimum atomic E-state index is -3.80. The number of amidine groups is 1. The van der Waals surface area contributed by atoms with Crippen molar-refractivity contribution in [1.29, 1.82) is 0 Å². The fourth-order valence-corrected chi connectivity index (χ4v) is 5.58. The summed E-state index contributed by atoms with van der Waals surface area (Å²) in [6.45, 7) is 9.67. The number of aryl methyl sites for hydroxylation is 1. The molecule has 0 aliphatic carbocycles. The highest BCUT2D eigenvalue weighted by Crippen LogP contribution is 2.40. The fraction of sp³-hybridized carbons (Fsp3) is 0.619. The predicted molar refractivity (Wildman–Crippen MR) is 132 cm³/mol. The Morgan fingerprint density at radius 2 is 1.94 bits per heavy atom. The first-order valence-corrected chi connectivity index (χ1v) is 13.4. The highest BCUT2D eigenvalue weighted by molar-refractivity contribution is 14.1. The van der Waals surface area contributed by atoms with Gasteiger partial charge in [-0.2, -0.15) is 0 Å². The second kappa shape index (κ2) is 9.24. The van der Waals surface area contributed by atoms with Gasteiger partial charge in [-0.05, 0) is 69.9 Å². The highest BCUT2D eigenvalue weighted by Gasteiger charge is 2.51. The van der Waals surface area contributed by atoms with Crippen molar-refractivity contribution in [2.24, 2.45) is 4.99 Å². The number of hydrogen-bond acceptors (Lipinski definition) is 7. The largest absolute Gasteiger partial charge is 0.444 e. The zero-order chi connectivity index (χ0) is 24.5. The van der Waals surface area contributed by atoms with Crippen molar-refractivity contribution in [3.63, 3.8) is 0 Å². The fourth-order valence-electron chi connectivity index (χ4n) is 3.48. The van der Waals surface area contributed by atoms with Crippen LogP contribution in [0.15, 0.2) is 23.2 Å². The van der Waals surface area contributed by atoms with Gasteiger partial charge in [0.2, 0.25) is 0 Å². The minimum absolute atomic E-state index is 0.0492. The van der Waals surface area contributed by atoms with Gasteiger partial charge in [0.25, 0.3) is 5.69 Å². The second-order valence-electron chi connectivity index (χ2n) is 9.52. The molecule has 2 rings (SSSR count). The number of carbonyl (C=O) groups is 1. The first kappa shape index (κ1) is 26.5. The lowest BCUT2D eigenvalue weighted by Gasteiger charge is -2.40. The van der Waals surface area contributed by atoms with Crippen LogP contribution >= 0.6 is 22.6 Å². The molecule has 0 aromatic heterocycles. The third-order valence-corrected chi connectivity index (χ3v) is 8.71. The number of ether oxygens (including phenoxy) is 1. The molecule has 11 heteroatoms. The Hall–Kier alpha value is -1.76. The number of non-ortho nitro benzene ring substituents is 1. The van der Waals surface area contributed by atoms with Gasteiger partial charge in [0.15, 0.2) is 9.84 Å². The SMILES string of the molecule is CC(C)(C)OC(=O)NC1=N[C@](C)(c2cc([N+](=O)[O-])ccc2CCCI)CS(=O)(=O)C1(C)C. The van der Waals surface area contributed by atoms with Crippen LogP contribution in [0, 0.1) is 10.1 Å². The molecule has 0 unspecified atom stereocenters. The van der Waals surface area contributed by atoms with Gasteiger partial charge in [-0.25, -0.2) is 13.2 Å². The van der Waals surface area contributed by atoms with Gasteiger partial charge in [0.1, 0.15) is 16.2 Å². The molecule has 0 spiro atoms. The topological polar surface area (TPSA) is 128 Å². The van der Waals surface area contributed by atoms with E-state index in [0.717, 1.165) is 16.4 Å². The van der Waals surface area contributed by atoms with E-state index in [4.69, 9.17) is 4.74 Å². The van der Waals surface area contributed by atoms with Gasteiger partial charge in [-0.1, -0.05) is 28.7 Å². The van der Waals surface area contributed by atoms with Crippen LogP contribution in [0.4, 0.5) is 10.5 Å². The maximum atomic E-state index is 13.3. The van der Waals surface area contributed by atoms with Crippen LogP contribution in [-0.2, 0) is 26.5 Å². The molecule has 0 saturated carbocycles. The van der Waals surface area contributed by atoms with Crippen LogP contribution in [-0.4, -0.2) is 45.8 Å². The summed E-state index contributed by atoms with van der Waals surface area (Å²) in [6.07, 6.45) is 0.638. The van der Waals surface area contributed by atoms with Crippen LogP contribution in [0.1, 0.15) is 59.1 Å². The Labute approximate surface area is 202 Å². The summed E-state index contributed by atoms with van der Waals surface area (Å²) in [5.41, 5.74) is -0.966. The Balaban J connectivity index is 2.67. The Morgan fingerprint density at radius 3 is 2.47 bits per heavy atom. The van der Waals surface area contributed by atoms with E-state index in [9.17, 15) is 23.3 Å². The normalized spacial score (nSPS) is 22.0. The minimum Gasteiger partial charge on any atom is -0.444 e. The van der Waals surface area contributed by atoms with E-state index in [1.165, 1.54) is 26.0 Å². The van der Waals surface area contributed by atoms with Crippen molar-refractivity contribution in [2.45, 2.75) is 70.3 Å². The van der Waals surface area contributed by atoms with Gasteiger partial charge in [-0.3, -0.25) is 20.4 Å². The molecule has 178 valence electrons. The summed E-state index contributed by atoms with van der Waals surface area (Å²) in [4.78, 5) is 28.0. The number of amides is 1. The summed E-state index contributed by atoms with van der Waals surface area (Å²) in [6, 6.07) is 4.47. The molecule has 1 amide bonds. The molecule has 1 aromatic carbocycles. The molecule has 1 heterocycles. The van der Waals surface area contributed by atoms with Crippen molar-refractivity contribution in [3.05, 3.63) is 39.4 Å². The molecular weight excluding hydrogens is 549 g/mol. The average molecular weight is 579 g/mol. The number of nitrogens with zero attached hydrogens (tertiary/aromatic N) is 2. The first-order chi connectivity index (χ1) is 14.5. The molecule has 0 bridgehead atoms. The molecule has 1 aromatic rings. The maximum absolute atomic E-state index is 13.3. The van der Waals surface area contributed by atoms with Crippen LogP contribution in [0.25, 0.3) is 0 Å². The van der Waals surface area contributed by atoms with E-state index in [0.29, 0.717) is 12.0 Å². The number of nitro benzene ring substituents is 1. The molecular formula is C21H30IN3O6S. The summed E-state index contributed by atoms with van der Waals surface area (Å²) in [7, 11) is -3.80. The van der Waals surface area contributed by atoms with Crippen LogP contribution in [0.3, 0.4) is 0 Å². The van der Waals surface area contributed by atoms with Crippen LogP contribution in [0.2, 0.25) is 0 Å². The second-order valence-corrected chi connectivity index (χ2v) is 13.1. The van der Waals surface area contributed by atoms with Crippen LogP contribution in [0.5, 0.6) is 0 Å². The number of halogens is 1. The molecule has 9 nitrogen and oxygen atoms in total. The number of benzene rings is 1. The summed E-state index contributed by atoms with van der Waals surface area (Å²) < 4.78 is 31.3. The number of rotatable bonds is 5. The van der Waals surface area contributed by atoms with Crippen molar-refractivity contribution >= 4 is 50.0 Å². The standard InChI is InChI=1S/C21H30IN3O6S/c1-19(2,3)31-18(26)23-17-20(4,5)32(29,30)13-21(6,24-17)16-12-15(25(27)28)10-9-14(16)8-7-11-22/h9-10,12H,7-8,11,13H2,1-6H3,(H,23,24,26)/t21-/m0/s1.